The highest BCUT2D eigenvalue weighted by Crippen LogP contribution is 2.30. The normalized spacial score (nSPS) is 11.2. The molecule has 0 saturated carbocycles. The average Bonchev–Trinajstić information content (AvgIpc) is 3.03. The van der Waals surface area contributed by atoms with Gasteiger partial charge in [-0.15, -0.1) is 11.3 Å². The van der Waals surface area contributed by atoms with Crippen LogP contribution in [-0.4, -0.2) is 24.1 Å². The Morgan fingerprint density at radius 2 is 1.92 bits per heavy atom. The molecule has 1 aromatic heterocycles. The smallest absolute Gasteiger partial charge is 0.226 e. The van der Waals surface area contributed by atoms with Crippen molar-refractivity contribution in [1.82, 2.24) is 4.98 Å². The first-order valence-electron chi connectivity index (χ1n) is 8.45. The number of para-hydroxylation sites is 1. The second-order valence-corrected chi connectivity index (χ2v) is 7.36. The largest absolute Gasteiger partial charge is 0.381 e. The molecule has 1 N–H and O–H groups in total. The van der Waals surface area contributed by atoms with Gasteiger partial charge in [0, 0.05) is 17.9 Å². The lowest BCUT2D eigenvalue weighted by Gasteiger charge is -2.08. The van der Waals surface area contributed by atoms with Crippen LogP contribution in [0, 0.1) is 5.92 Å². The molecule has 25 heavy (non-hydrogen) atoms. The molecular weight excluding hydrogens is 332 g/mol. The number of rotatable bonds is 7. The van der Waals surface area contributed by atoms with Crippen LogP contribution in [0.25, 0.3) is 20.8 Å². The van der Waals surface area contributed by atoms with Gasteiger partial charge < -0.3 is 10.1 Å². The van der Waals surface area contributed by atoms with Crippen molar-refractivity contribution in [2.75, 3.05) is 18.5 Å². The van der Waals surface area contributed by atoms with Crippen molar-refractivity contribution in [3.8, 4) is 10.6 Å². The van der Waals surface area contributed by atoms with E-state index in [1.165, 1.54) is 4.70 Å². The summed E-state index contributed by atoms with van der Waals surface area (Å²) in [7, 11) is 0. The number of amides is 1. The van der Waals surface area contributed by atoms with E-state index in [0.29, 0.717) is 25.6 Å². The molecule has 0 unspecified atom stereocenters. The highest BCUT2D eigenvalue weighted by atomic mass is 32.1. The molecule has 0 aliphatic carbocycles. The lowest BCUT2D eigenvalue weighted by Crippen LogP contribution is -2.15. The molecule has 0 radical (unpaired) electrons. The molecule has 0 saturated heterocycles. The molecule has 0 aliphatic rings. The lowest BCUT2D eigenvalue weighted by molar-refractivity contribution is -0.117. The van der Waals surface area contributed by atoms with E-state index in [1.54, 1.807) is 11.3 Å². The fraction of sp³-hybridized carbons (Fsp3) is 0.300. The number of carbonyl (C=O) groups is 1. The van der Waals surface area contributed by atoms with Gasteiger partial charge in [0.05, 0.1) is 23.2 Å². The summed E-state index contributed by atoms with van der Waals surface area (Å²) in [6.07, 6.45) is 0.367. The van der Waals surface area contributed by atoms with Crippen molar-refractivity contribution in [3.63, 3.8) is 0 Å². The third kappa shape index (κ3) is 4.87. The molecule has 0 aliphatic heterocycles. The van der Waals surface area contributed by atoms with Crippen LogP contribution in [0.15, 0.2) is 48.5 Å². The van der Waals surface area contributed by atoms with E-state index in [9.17, 15) is 4.79 Å². The first-order valence-corrected chi connectivity index (χ1v) is 9.27. The first kappa shape index (κ1) is 17.6. The number of carbonyl (C=O) groups excluding carboxylic acids is 1. The van der Waals surface area contributed by atoms with Gasteiger partial charge in [-0.1, -0.05) is 26.0 Å². The maximum Gasteiger partial charge on any atom is 0.226 e. The third-order valence-electron chi connectivity index (χ3n) is 3.63. The Balaban J connectivity index is 1.57. The van der Waals surface area contributed by atoms with E-state index in [4.69, 9.17) is 4.74 Å². The molecule has 1 amide bonds. The minimum atomic E-state index is -0.0310. The molecule has 2 aromatic carbocycles. The lowest BCUT2D eigenvalue weighted by atomic mass is 10.2. The first-order chi connectivity index (χ1) is 12.1. The van der Waals surface area contributed by atoms with Crippen molar-refractivity contribution in [1.29, 1.82) is 0 Å². The van der Waals surface area contributed by atoms with Crippen molar-refractivity contribution >= 4 is 33.1 Å². The van der Waals surface area contributed by atoms with Crippen LogP contribution in [-0.2, 0) is 9.53 Å². The predicted octanol–water partition coefficient (Wildman–Crippen LogP) is 4.96. The van der Waals surface area contributed by atoms with Gasteiger partial charge in [-0.2, -0.15) is 0 Å². The predicted molar refractivity (Wildman–Crippen MR) is 104 cm³/mol. The monoisotopic (exact) mass is 354 g/mol. The van der Waals surface area contributed by atoms with Crippen LogP contribution in [0.2, 0.25) is 0 Å². The summed E-state index contributed by atoms with van der Waals surface area (Å²) in [5.74, 6) is 0.453. The Labute approximate surface area is 151 Å². The highest BCUT2D eigenvalue weighted by Gasteiger charge is 2.07. The fourth-order valence-corrected chi connectivity index (χ4v) is 3.37. The quantitative estimate of drug-likeness (QED) is 0.610. The van der Waals surface area contributed by atoms with E-state index in [1.807, 2.05) is 42.5 Å². The Bertz CT molecular complexity index is 807. The summed E-state index contributed by atoms with van der Waals surface area (Å²) < 4.78 is 6.62. The van der Waals surface area contributed by atoms with Gasteiger partial charge in [-0.05, 0) is 42.3 Å². The topological polar surface area (TPSA) is 51.2 Å². The molecule has 0 spiro atoms. The maximum atomic E-state index is 11.9. The standard InChI is InChI=1S/C20H22N2O2S/c1-14(2)13-24-12-11-19(23)21-16-9-7-15(8-10-16)20-22-17-5-3-4-6-18(17)25-20/h3-10,14H,11-13H2,1-2H3,(H,21,23). The molecule has 5 heteroatoms. The van der Waals surface area contributed by atoms with Gasteiger partial charge in [0.15, 0.2) is 0 Å². The van der Waals surface area contributed by atoms with Gasteiger partial charge in [-0.25, -0.2) is 4.98 Å². The van der Waals surface area contributed by atoms with Gasteiger partial charge >= 0.3 is 0 Å². The molecule has 130 valence electrons. The number of hydrogen-bond acceptors (Lipinski definition) is 4. The minimum Gasteiger partial charge on any atom is -0.381 e. The van der Waals surface area contributed by atoms with Crippen LogP contribution >= 0.6 is 11.3 Å². The van der Waals surface area contributed by atoms with Gasteiger partial charge in [0.25, 0.3) is 0 Å². The number of ether oxygens (including phenoxy) is 1. The Morgan fingerprint density at radius 1 is 1.16 bits per heavy atom. The molecule has 3 rings (SSSR count). The number of thiazole rings is 1. The second-order valence-electron chi connectivity index (χ2n) is 6.33. The maximum absolute atomic E-state index is 11.9. The van der Waals surface area contributed by atoms with Crippen LogP contribution in [0.1, 0.15) is 20.3 Å². The minimum absolute atomic E-state index is 0.0310. The molecule has 4 nitrogen and oxygen atoms in total. The average molecular weight is 354 g/mol. The van der Waals surface area contributed by atoms with Crippen molar-refractivity contribution < 1.29 is 9.53 Å². The molecular formula is C20H22N2O2S. The van der Waals surface area contributed by atoms with E-state index in [2.05, 4.69) is 30.2 Å². The van der Waals surface area contributed by atoms with E-state index in [0.717, 1.165) is 21.8 Å². The molecule has 0 atom stereocenters. The third-order valence-corrected chi connectivity index (χ3v) is 4.72. The zero-order valence-electron chi connectivity index (χ0n) is 14.5. The van der Waals surface area contributed by atoms with Gasteiger partial charge in [0.2, 0.25) is 5.91 Å². The number of nitrogens with one attached hydrogen (secondary N) is 1. The molecule has 0 fully saturated rings. The van der Waals surface area contributed by atoms with E-state index >= 15 is 0 Å². The second kappa shape index (κ2) is 8.23. The molecule has 3 aromatic rings. The van der Waals surface area contributed by atoms with Crippen molar-refractivity contribution in [2.45, 2.75) is 20.3 Å². The number of benzene rings is 2. The van der Waals surface area contributed by atoms with Crippen LogP contribution < -0.4 is 5.32 Å². The van der Waals surface area contributed by atoms with Crippen LogP contribution in [0.4, 0.5) is 5.69 Å². The van der Waals surface area contributed by atoms with E-state index in [-0.39, 0.29) is 5.91 Å². The Hall–Kier alpha value is -2.24. The molecule has 1 heterocycles. The zero-order chi connectivity index (χ0) is 17.6. The van der Waals surface area contributed by atoms with E-state index < -0.39 is 0 Å². The number of anilines is 1. The summed E-state index contributed by atoms with van der Waals surface area (Å²) in [6, 6.07) is 15.9. The summed E-state index contributed by atoms with van der Waals surface area (Å²) in [4.78, 5) is 16.6. The zero-order valence-corrected chi connectivity index (χ0v) is 15.3. The SMILES string of the molecule is CC(C)COCCC(=O)Nc1ccc(-c2nc3ccccc3s2)cc1. The summed E-state index contributed by atoms with van der Waals surface area (Å²) >= 11 is 1.67. The number of nitrogens with zero attached hydrogens (tertiary/aromatic N) is 1. The highest BCUT2D eigenvalue weighted by molar-refractivity contribution is 7.21. The summed E-state index contributed by atoms with van der Waals surface area (Å²) in [6.45, 7) is 5.32. The van der Waals surface area contributed by atoms with Gasteiger partial charge in [0.1, 0.15) is 5.01 Å². The molecule has 0 bridgehead atoms. The Kier molecular flexibility index (Phi) is 5.79. The van der Waals surface area contributed by atoms with Crippen molar-refractivity contribution in [3.05, 3.63) is 48.5 Å². The summed E-state index contributed by atoms with van der Waals surface area (Å²) in [5, 5.41) is 3.89. The summed E-state index contributed by atoms with van der Waals surface area (Å²) in [5.41, 5.74) is 2.86. The number of fused-ring (bicyclic) bond motifs is 1. The fourth-order valence-electron chi connectivity index (χ4n) is 2.40. The van der Waals surface area contributed by atoms with Gasteiger partial charge in [-0.3, -0.25) is 4.79 Å². The number of hydrogen-bond donors (Lipinski definition) is 1. The van der Waals surface area contributed by atoms with Crippen molar-refractivity contribution in [2.24, 2.45) is 5.92 Å². The van der Waals surface area contributed by atoms with Crippen LogP contribution in [0.3, 0.4) is 0 Å². The Morgan fingerprint density at radius 3 is 2.64 bits per heavy atom. The number of aromatic nitrogens is 1. The van der Waals surface area contributed by atoms with Crippen LogP contribution in [0.5, 0.6) is 0 Å².